The number of methoxy groups -OCH3 is 1. The maximum absolute atomic E-state index is 14.7. The van der Waals surface area contributed by atoms with Gasteiger partial charge in [-0.3, -0.25) is 9.59 Å². The molecule has 2 atom stereocenters. The second kappa shape index (κ2) is 13.8. The highest BCUT2D eigenvalue weighted by molar-refractivity contribution is 5.99. The second-order valence-electron chi connectivity index (χ2n) is 12.8. The van der Waals surface area contributed by atoms with Crippen LogP contribution in [0.25, 0.3) is 0 Å². The van der Waals surface area contributed by atoms with Crippen LogP contribution in [0.2, 0.25) is 0 Å². The van der Waals surface area contributed by atoms with Crippen LogP contribution in [-0.4, -0.2) is 47.1 Å². The highest BCUT2D eigenvalue weighted by atomic mass is 16.6. The molecule has 0 heterocycles. The number of hydrogen-bond acceptors (Lipinski definition) is 5. The predicted octanol–water partition coefficient (Wildman–Crippen LogP) is 6.75. The largest absolute Gasteiger partial charge is 0.497 e. The van der Waals surface area contributed by atoms with Gasteiger partial charge in [0.2, 0.25) is 5.91 Å². The van der Waals surface area contributed by atoms with Crippen molar-refractivity contribution < 1.29 is 23.9 Å². The van der Waals surface area contributed by atoms with Crippen molar-refractivity contribution >= 4 is 23.6 Å². The van der Waals surface area contributed by atoms with Gasteiger partial charge in [0.1, 0.15) is 23.4 Å². The van der Waals surface area contributed by atoms with E-state index in [4.69, 9.17) is 9.47 Å². The number of carbonyl (C=O) groups excluding carboxylic acids is 3. The van der Waals surface area contributed by atoms with Gasteiger partial charge in [-0.15, -0.1) is 0 Å². The number of anilines is 1. The van der Waals surface area contributed by atoms with E-state index in [-0.39, 0.29) is 12.3 Å². The van der Waals surface area contributed by atoms with Crippen LogP contribution in [0.1, 0.15) is 69.8 Å². The van der Waals surface area contributed by atoms with Crippen LogP contribution in [0.4, 0.5) is 10.5 Å². The molecule has 2 N–H and O–H groups in total. The SMILES string of the molecule is COc1ccc(NC(=O)C(c2cc(C)cc(C)c2)N(C(=O)C(Cc2ccccc2)NC(=O)OC(C)(C)C)C(C)(C)C)cc1. The van der Waals surface area contributed by atoms with Gasteiger partial charge in [-0.1, -0.05) is 59.7 Å². The van der Waals surface area contributed by atoms with E-state index in [1.807, 2.05) is 83.1 Å². The molecule has 0 saturated heterocycles. The summed E-state index contributed by atoms with van der Waals surface area (Å²) in [5.74, 6) is -0.127. The van der Waals surface area contributed by atoms with Gasteiger partial charge in [-0.2, -0.15) is 0 Å². The minimum atomic E-state index is -1.01. The first-order chi connectivity index (χ1) is 20.1. The fourth-order valence-electron chi connectivity index (χ4n) is 4.98. The van der Waals surface area contributed by atoms with Gasteiger partial charge in [-0.05, 0) is 90.8 Å². The molecule has 0 aliphatic heterocycles. The number of hydrogen-bond donors (Lipinski definition) is 2. The Morgan fingerprint density at radius 2 is 1.42 bits per heavy atom. The molecule has 3 aromatic carbocycles. The van der Waals surface area contributed by atoms with Crippen molar-refractivity contribution in [1.82, 2.24) is 10.2 Å². The molecule has 0 spiro atoms. The quantitative estimate of drug-likeness (QED) is 0.289. The summed E-state index contributed by atoms with van der Waals surface area (Å²) in [5, 5.41) is 5.81. The lowest BCUT2D eigenvalue weighted by atomic mass is 9.92. The van der Waals surface area contributed by atoms with E-state index < -0.39 is 35.2 Å². The minimum Gasteiger partial charge on any atom is -0.497 e. The number of alkyl carbamates (subject to hydrolysis) is 1. The Morgan fingerprint density at radius 3 is 1.93 bits per heavy atom. The molecule has 3 amide bonds. The van der Waals surface area contributed by atoms with Crippen LogP contribution >= 0.6 is 0 Å². The molecular formula is C35H45N3O5. The topological polar surface area (TPSA) is 97.0 Å². The van der Waals surface area contributed by atoms with Crippen molar-refractivity contribution in [3.8, 4) is 5.75 Å². The molecule has 0 aromatic heterocycles. The van der Waals surface area contributed by atoms with Crippen LogP contribution in [0.15, 0.2) is 72.8 Å². The summed E-state index contributed by atoms with van der Waals surface area (Å²) in [6, 6.07) is 20.3. The van der Waals surface area contributed by atoms with Crippen LogP contribution in [-0.2, 0) is 20.7 Å². The third-order valence-electron chi connectivity index (χ3n) is 6.66. The van der Waals surface area contributed by atoms with E-state index in [1.165, 1.54) is 0 Å². The van der Waals surface area contributed by atoms with Gasteiger partial charge >= 0.3 is 6.09 Å². The lowest BCUT2D eigenvalue weighted by Crippen LogP contribution is -2.58. The van der Waals surface area contributed by atoms with E-state index in [2.05, 4.69) is 10.6 Å². The van der Waals surface area contributed by atoms with Crippen molar-refractivity contribution in [3.05, 3.63) is 95.1 Å². The zero-order valence-corrected chi connectivity index (χ0v) is 26.8. The maximum Gasteiger partial charge on any atom is 0.408 e. The molecule has 0 aliphatic rings. The van der Waals surface area contributed by atoms with Gasteiger partial charge in [-0.25, -0.2) is 4.79 Å². The summed E-state index contributed by atoms with van der Waals surface area (Å²) in [5.41, 5.74) is 2.44. The molecule has 8 nitrogen and oxygen atoms in total. The van der Waals surface area contributed by atoms with E-state index in [0.29, 0.717) is 17.0 Å². The molecular weight excluding hydrogens is 542 g/mol. The maximum atomic E-state index is 14.7. The molecule has 230 valence electrons. The molecule has 3 rings (SSSR count). The smallest absolute Gasteiger partial charge is 0.408 e. The van der Waals surface area contributed by atoms with Crippen LogP contribution in [0.5, 0.6) is 5.75 Å². The van der Waals surface area contributed by atoms with Gasteiger partial charge in [0, 0.05) is 17.6 Å². The van der Waals surface area contributed by atoms with E-state index in [0.717, 1.165) is 16.7 Å². The standard InChI is InChI=1S/C35H45N3O5/c1-23-19-24(2)21-26(20-23)30(31(39)36-27-15-17-28(42-9)18-16-27)38(34(3,4)5)32(40)29(22-25-13-11-10-12-14-25)37-33(41)43-35(6,7)8/h10-21,29-30H,22H2,1-9H3,(H,36,39)(H,37,41). The van der Waals surface area contributed by atoms with E-state index >= 15 is 0 Å². The molecule has 2 unspecified atom stereocenters. The second-order valence-corrected chi connectivity index (χ2v) is 12.8. The molecule has 0 saturated carbocycles. The number of benzene rings is 3. The van der Waals surface area contributed by atoms with Gasteiger partial charge in [0.15, 0.2) is 0 Å². The summed E-state index contributed by atoms with van der Waals surface area (Å²) in [6.45, 7) is 14.9. The number of aryl methyl sites for hydroxylation is 2. The number of amides is 3. The van der Waals surface area contributed by atoms with Crippen LogP contribution < -0.4 is 15.4 Å². The Morgan fingerprint density at radius 1 is 0.837 bits per heavy atom. The molecule has 43 heavy (non-hydrogen) atoms. The van der Waals surface area contributed by atoms with Crippen molar-refractivity contribution in [2.45, 2.75) is 85.0 Å². The van der Waals surface area contributed by atoms with E-state index in [1.54, 1.807) is 57.0 Å². The van der Waals surface area contributed by atoms with Crippen LogP contribution in [0.3, 0.4) is 0 Å². The summed E-state index contributed by atoms with van der Waals surface area (Å²) in [7, 11) is 1.58. The van der Waals surface area contributed by atoms with Gasteiger partial charge < -0.3 is 25.0 Å². The molecule has 8 heteroatoms. The highest BCUT2D eigenvalue weighted by Gasteiger charge is 2.42. The average Bonchev–Trinajstić information content (AvgIpc) is 2.89. The average molecular weight is 588 g/mol. The number of ether oxygens (including phenoxy) is 2. The summed E-state index contributed by atoms with van der Waals surface area (Å²) in [6.07, 6.45) is -0.494. The Labute approximate surface area is 255 Å². The first kappa shape index (κ1) is 33.2. The van der Waals surface area contributed by atoms with Crippen molar-refractivity contribution in [2.24, 2.45) is 0 Å². The normalized spacial score (nSPS) is 13.0. The monoisotopic (exact) mass is 587 g/mol. The number of nitrogens with one attached hydrogen (secondary N) is 2. The van der Waals surface area contributed by atoms with Crippen molar-refractivity contribution in [2.75, 3.05) is 12.4 Å². The van der Waals surface area contributed by atoms with Gasteiger partial charge in [0.05, 0.1) is 7.11 Å². The zero-order chi connectivity index (χ0) is 31.9. The van der Waals surface area contributed by atoms with Crippen molar-refractivity contribution in [1.29, 1.82) is 0 Å². The fraction of sp³-hybridized carbons (Fsp3) is 0.400. The number of carbonyl (C=O) groups is 3. The molecule has 0 radical (unpaired) electrons. The Hall–Kier alpha value is -4.33. The summed E-state index contributed by atoms with van der Waals surface area (Å²) < 4.78 is 10.8. The summed E-state index contributed by atoms with van der Waals surface area (Å²) in [4.78, 5) is 43.5. The Balaban J connectivity index is 2.12. The Bertz CT molecular complexity index is 1390. The fourth-order valence-corrected chi connectivity index (χ4v) is 4.98. The minimum absolute atomic E-state index is 0.213. The molecule has 0 aliphatic carbocycles. The van der Waals surface area contributed by atoms with Crippen LogP contribution in [0, 0.1) is 13.8 Å². The zero-order valence-electron chi connectivity index (χ0n) is 26.8. The van der Waals surface area contributed by atoms with E-state index in [9.17, 15) is 14.4 Å². The predicted molar refractivity (Wildman–Crippen MR) is 170 cm³/mol. The molecule has 0 bridgehead atoms. The number of rotatable bonds is 9. The first-order valence-corrected chi connectivity index (χ1v) is 14.5. The lowest BCUT2D eigenvalue weighted by molar-refractivity contribution is -0.146. The summed E-state index contributed by atoms with van der Waals surface area (Å²) >= 11 is 0. The molecule has 0 fully saturated rings. The first-order valence-electron chi connectivity index (χ1n) is 14.5. The molecule has 3 aromatic rings. The highest BCUT2D eigenvalue weighted by Crippen LogP contribution is 2.33. The lowest BCUT2D eigenvalue weighted by Gasteiger charge is -2.43. The Kier molecular flexibility index (Phi) is 10.6. The van der Waals surface area contributed by atoms with Gasteiger partial charge in [0.25, 0.3) is 5.91 Å². The van der Waals surface area contributed by atoms with Crippen molar-refractivity contribution in [3.63, 3.8) is 0 Å². The number of nitrogens with zero attached hydrogens (tertiary/aromatic N) is 1. The third kappa shape index (κ3) is 9.60. The third-order valence-corrected chi connectivity index (χ3v) is 6.66.